The molecule has 1 aliphatic rings. The number of amides is 2. The first-order valence-corrected chi connectivity index (χ1v) is 12.3. The molecule has 2 aromatic heterocycles. The van der Waals surface area contributed by atoms with E-state index in [4.69, 9.17) is 19.4 Å². The average Bonchev–Trinajstić information content (AvgIpc) is 3.60. The van der Waals surface area contributed by atoms with Crippen LogP contribution in [0.4, 0.5) is 0 Å². The standard InChI is InChI=1S/C26H31N5O4.C2H4O/c1-15-20(26(33)31-11-9-17(14-31)30(4)5)13-29-24(15)21(8-10-27)35-18-6-7-19-22(12-18)34-16(2)23(19)25(32)28-3;1-2-3/h6-8,10,12-13,17,27,29H,9,11,14H2,1-5H3,(H,28,32);2H,1H3/b21-8+,27-10?;. The molecule has 3 N–H and O–H groups in total. The maximum absolute atomic E-state index is 13.2. The summed E-state index contributed by atoms with van der Waals surface area (Å²) in [6, 6.07) is 5.59. The molecule has 1 unspecified atom stereocenters. The highest BCUT2D eigenvalue weighted by atomic mass is 16.5. The quantitative estimate of drug-likeness (QED) is 0.246. The van der Waals surface area contributed by atoms with Gasteiger partial charge in [0.05, 0.1) is 16.8 Å². The summed E-state index contributed by atoms with van der Waals surface area (Å²) in [7, 11) is 5.64. The molecule has 4 rings (SSSR count). The number of fused-ring (bicyclic) bond motifs is 1. The normalized spacial score (nSPS) is 15.3. The van der Waals surface area contributed by atoms with Crippen LogP contribution in [0.1, 0.15) is 51.1 Å². The third kappa shape index (κ3) is 5.86. The monoisotopic (exact) mass is 521 g/mol. The van der Waals surface area contributed by atoms with Crippen LogP contribution in [0.5, 0.6) is 5.75 Å². The summed E-state index contributed by atoms with van der Waals surface area (Å²) in [6.07, 6.45) is 6.07. The van der Waals surface area contributed by atoms with E-state index in [1.54, 1.807) is 38.4 Å². The zero-order valence-corrected chi connectivity index (χ0v) is 22.7. The molecule has 2 amide bonds. The van der Waals surface area contributed by atoms with Crippen molar-refractivity contribution in [3.8, 4) is 5.75 Å². The first kappa shape index (κ1) is 28.4. The van der Waals surface area contributed by atoms with E-state index in [2.05, 4.69) is 15.2 Å². The lowest BCUT2D eigenvalue weighted by atomic mass is 10.1. The van der Waals surface area contributed by atoms with E-state index in [9.17, 15) is 9.59 Å². The van der Waals surface area contributed by atoms with Crippen molar-refractivity contribution in [2.75, 3.05) is 34.2 Å². The second kappa shape index (κ2) is 12.4. The number of allylic oxidation sites excluding steroid dienone is 1. The molecule has 202 valence electrons. The number of rotatable bonds is 7. The van der Waals surface area contributed by atoms with Gasteiger partial charge in [0, 0.05) is 56.1 Å². The SMILES string of the molecule is CC=O.CNC(=O)c1c(C)oc2cc(O/C(=C/C=N)c3[nH]cc(C(=O)N4CCC(N(C)C)C4)c3C)ccc12. The summed E-state index contributed by atoms with van der Waals surface area (Å²) in [5.41, 5.74) is 2.99. The topological polar surface area (TPSA) is 132 Å². The minimum Gasteiger partial charge on any atom is -0.460 e. The Balaban J connectivity index is 0.00000127. The highest BCUT2D eigenvalue weighted by Crippen LogP contribution is 2.32. The lowest BCUT2D eigenvalue weighted by molar-refractivity contribution is -0.106. The summed E-state index contributed by atoms with van der Waals surface area (Å²) >= 11 is 0. The lowest BCUT2D eigenvalue weighted by Crippen LogP contribution is -2.34. The molecule has 10 heteroatoms. The number of aromatic nitrogens is 1. The Morgan fingerprint density at radius 2 is 2.00 bits per heavy atom. The Morgan fingerprint density at radius 1 is 1.29 bits per heavy atom. The number of nitrogens with one attached hydrogen (secondary N) is 3. The van der Waals surface area contributed by atoms with Crippen molar-refractivity contribution < 1.29 is 23.5 Å². The number of benzene rings is 1. The van der Waals surface area contributed by atoms with Crippen molar-refractivity contribution in [1.82, 2.24) is 20.1 Å². The van der Waals surface area contributed by atoms with E-state index in [1.807, 2.05) is 25.9 Å². The summed E-state index contributed by atoms with van der Waals surface area (Å²) < 4.78 is 11.9. The van der Waals surface area contributed by atoms with Gasteiger partial charge in [-0.1, -0.05) is 0 Å². The third-order valence-corrected chi connectivity index (χ3v) is 6.55. The first-order chi connectivity index (χ1) is 18.2. The molecule has 3 heterocycles. The molecule has 0 spiro atoms. The number of nitrogens with zero attached hydrogens (tertiary/aromatic N) is 2. The van der Waals surface area contributed by atoms with Crippen molar-refractivity contribution >= 4 is 41.0 Å². The Labute approximate surface area is 222 Å². The Kier molecular flexibility index (Phi) is 9.25. The number of carbonyl (C=O) groups excluding carboxylic acids is 3. The number of carbonyl (C=O) groups is 3. The maximum atomic E-state index is 13.2. The number of aromatic amines is 1. The smallest absolute Gasteiger partial charge is 0.255 e. The Hall–Kier alpha value is -4.18. The molecular weight excluding hydrogens is 486 g/mol. The molecule has 1 aromatic carbocycles. The predicted octanol–water partition coefficient (Wildman–Crippen LogP) is 3.79. The number of ether oxygens (including phenoxy) is 1. The second-order valence-electron chi connectivity index (χ2n) is 9.17. The lowest BCUT2D eigenvalue weighted by Gasteiger charge is -2.20. The fourth-order valence-electron chi connectivity index (χ4n) is 4.53. The fraction of sp³-hybridized carbons (Fsp3) is 0.357. The number of likely N-dealkylation sites (tertiary alicyclic amines) is 1. The molecule has 3 aromatic rings. The molecule has 1 fully saturated rings. The van der Waals surface area contributed by atoms with Crippen molar-refractivity contribution in [2.24, 2.45) is 0 Å². The molecule has 0 bridgehead atoms. The predicted molar refractivity (Wildman–Crippen MR) is 147 cm³/mol. The van der Waals surface area contributed by atoms with Crippen LogP contribution in [0.3, 0.4) is 0 Å². The van der Waals surface area contributed by atoms with E-state index < -0.39 is 0 Å². The van der Waals surface area contributed by atoms with Gasteiger partial charge in [-0.25, -0.2) is 0 Å². The molecule has 1 aliphatic heterocycles. The molecule has 1 atom stereocenters. The number of aryl methyl sites for hydroxylation is 1. The largest absolute Gasteiger partial charge is 0.460 e. The average molecular weight is 522 g/mol. The molecule has 0 saturated carbocycles. The van der Waals surface area contributed by atoms with Crippen LogP contribution in [-0.2, 0) is 4.79 Å². The Bertz CT molecular complexity index is 1370. The van der Waals surface area contributed by atoms with E-state index >= 15 is 0 Å². The van der Waals surface area contributed by atoms with Gasteiger partial charge in [0.25, 0.3) is 11.8 Å². The zero-order valence-electron chi connectivity index (χ0n) is 22.7. The van der Waals surface area contributed by atoms with E-state index in [0.29, 0.717) is 57.6 Å². The van der Waals surface area contributed by atoms with Gasteiger partial charge in [-0.05, 0) is 59.0 Å². The van der Waals surface area contributed by atoms with E-state index in [1.165, 1.54) is 13.0 Å². The van der Waals surface area contributed by atoms with Crippen LogP contribution in [0, 0.1) is 19.3 Å². The summed E-state index contributed by atoms with van der Waals surface area (Å²) in [5.74, 6) is 1.18. The first-order valence-electron chi connectivity index (χ1n) is 12.3. The van der Waals surface area contributed by atoms with Crippen LogP contribution in [0.2, 0.25) is 0 Å². The van der Waals surface area contributed by atoms with Gasteiger partial charge >= 0.3 is 0 Å². The third-order valence-electron chi connectivity index (χ3n) is 6.55. The van der Waals surface area contributed by atoms with Crippen molar-refractivity contribution in [1.29, 1.82) is 5.41 Å². The van der Waals surface area contributed by atoms with Gasteiger partial charge in [0.15, 0.2) is 5.76 Å². The highest BCUT2D eigenvalue weighted by molar-refractivity contribution is 6.07. The number of hydrogen-bond acceptors (Lipinski definition) is 7. The number of furan rings is 1. The minimum atomic E-state index is -0.214. The van der Waals surface area contributed by atoms with Crippen LogP contribution < -0.4 is 10.1 Å². The Morgan fingerprint density at radius 3 is 2.61 bits per heavy atom. The van der Waals surface area contributed by atoms with E-state index in [0.717, 1.165) is 31.0 Å². The van der Waals surface area contributed by atoms with Crippen LogP contribution in [-0.4, -0.2) is 79.4 Å². The van der Waals surface area contributed by atoms with Crippen LogP contribution in [0.15, 0.2) is 34.9 Å². The summed E-state index contributed by atoms with van der Waals surface area (Å²) in [4.78, 5) is 41.4. The van der Waals surface area contributed by atoms with Crippen molar-refractivity contribution in [3.05, 3.63) is 58.6 Å². The number of H-pyrrole nitrogens is 1. The second-order valence-corrected chi connectivity index (χ2v) is 9.17. The van der Waals surface area contributed by atoms with Gasteiger partial charge in [0.1, 0.15) is 23.4 Å². The van der Waals surface area contributed by atoms with Crippen molar-refractivity contribution in [2.45, 2.75) is 33.2 Å². The van der Waals surface area contributed by atoms with Crippen LogP contribution in [0.25, 0.3) is 16.7 Å². The zero-order chi connectivity index (χ0) is 28.0. The van der Waals surface area contributed by atoms with Gasteiger partial charge in [0.2, 0.25) is 0 Å². The maximum Gasteiger partial charge on any atom is 0.255 e. The molecule has 0 aliphatic carbocycles. The number of hydrogen-bond donors (Lipinski definition) is 3. The molecule has 0 radical (unpaired) electrons. The van der Waals surface area contributed by atoms with Gasteiger partial charge in [-0.3, -0.25) is 9.59 Å². The summed E-state index contributed by atoms with van der Waals surface area (Å²) in [6.45, 7) is 6.48. The van der Waals surface area contributed by atoms with Crippen molar-refractivity contribution in [3.63, 3.8) is 0 Å². The number of aldehydes is 1. The van der Waals surface area contributed by atoms with E-state index in [-0.39, 0.29) is 11.8 Å². The van der Waals surface area contributed by atoms with Crippen LogP contribution >= 0.6 is 0 Å². The highest BCUT2D eigenvalue weighted by Gasteiger charge is 2.30. The number of likely N-dealkylation sites (N-methyl/N-ethyl adjacent to an activating group) is 1. The van der Waals surface area contributed by atoms with Gasteiger partial charge < -0.3 is 39.5 Å². The molecule has 1 saturated heterocycles. The van der Waals surface area contributed by atoms with Gasteiger partial charge in [-0.2, -0.15) is 0 Å². The molecular formula is C28H35N5O5. The van der Waals surface area contributed by atoms with Gasteiger partial charge in [-0.15, -0.1) is 0 Å². The minimum absolute atomic E-state index is 0.0160. The summed E-state index contributed by atoms with van der Waals surface area (Å²) in [5, 5.41) is 10.9. The molecule has 10 nitrogen and oxygen atoms in total. The fourth-order valence-corrected chi connectivity index (χ4v) is 4.53. The molecule has 38 heavy (non-hydrogen) atoms.